The van der Waals surface area contributed by atoms with E-state index in [-0.39, 0.29) is 6.54 Å². The lowest BCUT2D eigenvalue weighted by Crippen LogP contribution is -2.08. The number of alkyl halides is 3. The van der Waals surface area contributed by atoms with Crippen LogP contribution in [0.1, 0.15) is 16.7 Å². The van der Waals surface area contributed by atoms with Crippen LogP contribution in [0.15, 0.2) is 54.7 Å². The molecule has 7 heteroatoms. The second-order valence-electron chi connectivity index (χ2n) is 5.90. The van der Waals surface area contributed by atoms with Crippen molar-refractivity contribution in [1.29, 1.82) is 0 Å². The number of aryl methyl sites for hydroxylation is 1. The second-order valence-corrected chi connectivity index (χ2v) is 5.90. The topological polar surface area (TPSA) is 63.8 Å². The van der Waals surface area contributed by atoms with Crippen LogP contribution in [0.25, 0.3) is 11.4 Å². The van der Waals surface area contributed by atoms with Gasteiger partial charge in [-0.15, -0.1) is 0 Å². The Hall–Kier alpha value is -3.09. The van der Waals surface area contributed by atoms with Gasteiger partial charge < -0.3 is 11.1 Å². The first-order chi connectivity index (χ1) is 12.3. The number of halogens is 3. The van der Waals surface area contributed by atoms with Crippen LogP contribution in [0.4, 0.5) is 24.7 Å². The highest BCUT2D eigenvalue weighted by Crippen LogP contribution is 2.29. The van der Waals surface area contributed by atoms with Gasteiger partial charge in [-0.25, -0.2) is 9.97 Å². The van der Waals surface area contributed by atoms with E-state index in [1.165, 1.54) is 6.07 Å². The zero-order valence-electron chi connectivity index (χ0n) is 14.0. The number of nitrogens with two attached hydrogens (primary N) is 1. The standard InChI is InChI=1S/C19H17F3N4/c1-12-10-24-18(14-5-3-7-16(23)9-14)26-17(12)25-11-13-4-2-6-15(8-13)19(20,21)22/h2-10H,11,23H2,1H3,(H,24,25,26). The van der Waals surface area contributed by atoms with E-state index >= 15 is 0 Å². The van der Waals surface area contributed by atoms with Gasteiger partial charge in [0, 0.05) is 29.6 Å². The number of anilines is 2. The summed E-state index contributed by atoms with van der Waals surface area (Å²) in [6, 6.07) is 12.4. The highest BCUT2D eigenvalue weighted by atomic mass is 19.4. The van der Waals surface area contributed by atoms with Crippen molar-refractivity contribution in [1.82, 2.24) is 9.97 Å². The molecule has 4 nitrogen and oxygen atoms in total. The van der Waals surface area contributed by atoms with E-state index in [1.54, 1.807) is 24.4 Å². The molecule has 1 heterocycles. The molecule has 0 saturated carbocycles. The zero-order chi connectivity index (χ0) is 18.7. The Kier molecular flexibility index (Phi) is 4.79. The van der Waals surface area contributed by atoms with E-state index in [9.17, 15) is 13.2 Å². The lowest BCUT2D eigenvalue weighted by molar-refractivity contribution is -0.137. The fourth-order valence-corrected chi connectivity index (χ4v) is 2.48. The summed E-state index contributed by atoms with van der Waals surface area (Å²) in [6.07, 6.45) is -2.69. The monoisotopic (exact) mass is 358 g/mol. The van der Waals surface area contributed by atoms with Gasteiger partial charge in [-0.1, -0.05) is 24.3 Å². The molecular weight excluding hydrogens is 341 g/mol. The summed E-state index contributed by atoms with van der Waals surface area (Å²) in [5, 5.41) is 3.08. The van der Waals surface area contributed by atoms with E-state index in [2.05, 4.69) is 15.3 Å². The maximum Gasteiger partial charge on any atom is 0.416 e. The molecule has 0 aliphatic carbocycles. The SMILES string of the molecule is Cc1cnc(-c2cccc(N)c2)nc1NCc1cccc(C(F)(F)F)c1. The molecule has 2 aromatic carbocycles. The van der Waals surface area contributed by atoms with Crippen LogP contribution >= 0.6 is 0 Å². The first-order valence-corrected chi connectivity index (χ1v) is 7.92. The first kappa shape index (κ1) is 17.7. The van der Waals surface area contributed by atoms with E-state index < -0.39 is 11.7 Å². The van der Waals surface area contributed by atoms with Crippen molar-refractivity contribution >= 4 is 11.5 Å². The smallest absolute Gasteiger partial charge is 0.399 e. The Balaban J connectivity index is 1.81. The Labute approximate surface area is 148 Å². The molecular formula is C19H17F3N4. The van der Waals surface area contributed by atoms with Gasteiger partial charge in [0.25, 0.3) is 0 Å². The van der Waals surface area contributed by atoms with Crippen LogP contribution in [0.3, 0.4) is 0 Å². The molecule has 0 spiro atoms. The zero-order valence-corrected chi connectivity index (χ0v) is 14.0. The van der Waals surface area contributed by atoms with Crippen molar-refractivity contribution in [3.8, 4) is 11.4 Å². The predicted octanol–water partition coefficient (Wildman–Crippen LogP) is 4.67. The molecule has 0 amide bonds. The molecule has 0 fully saturated rings. The Morgan fingerprint density at radius 1 is 1.08 bits per heavy atom. The maximum atomic E-state index is 12.8. The Morgan fingerprint density at radius 2 is 1.85 bits per heavy atom. The minimum atomic E-state index is -4.36. The highest BCUT2D eigenvalue weighted by Gasteiger charge is 2.30. The molecule has 0 atom stereocenters. The number of nitrogen functional groups attached to an aromatic ring is 1. The number of hydrogen-bond donors (Lipinski definition) is 2. The number of rotatable bonds is 4. The van der Waals surface area contributed by atoms with Crippen LogP contribution in [-0.4, -0.2) is 9.97 Å². The molecule has 0 radical (unpaired) electrons. The molecule has 3 N–H and O–H groups in total. The number of nitrogens with zero attached hydrogens (tertiary/aromatic N) is 2. The Bertz CT molecular complexity index is 923. The van der Waals surface area contributed by atoms with Gasteiger partial charge in [-0.3, -0.25) is 0 Å². The van der Waals surface area contributed by atoms with Gasteiger partial charge in [-0.2, -0.15) is 13.2 Å². The van der Waals surface area contributed by atoms with E-state index in [1.807, 2.05) is 19.1 Å². The molecule has 3 rings (SSSR count). The van der Waals surface area contributed by atoms with E-state index in [4.69, 9.17) is 5.73 Å². The lowest BCUT2D eigenvalue weighted by Gasteiger charge is -2.12. The number of aromatic nitrogens is 2. The summed E-state index contributed by atoms with van der Waals surface area (Å²) >= 11 is 0. The minimum Gasteiger partial charge on any atom is -0.399 e. The van der Waals surface area contributed by atoms with Crippen LogP contribution in [-0.2, 0) is 12.7 Å². The van der Waals surface area contributed by atoms with Gasteiger partial charge in [0.15, 0.2) is 5.82 Å². The van der Waals surface area contributed by atoms with E-state index in [0.29, 0.717) is 22.9 Å². The summed E-state index contributed by atoms with van der Waals surface area (Å²) in [7, 11) is 0. The maximum absolute atomic E-state index is 12.8. The molecule has 3 aromatic rings. The summed E-state index contributed by atoms with van der Waals surface area (Å²) in [4.78, 5) is 8.77. The molecule has 26 heavy (non-hydrogen) atoms. The average molecular weight is 358 g/mol. The normalized spacial score (nSPS) is 11.4. The molecule has 0 bridgehead atoms. The number of nitrogens with one attached hydrogen (secondary N) is 1. The van der Waals surface area contributed by atoms with Crippen molar-refractivity contribution in [3.05, 3.63) is 71.4 Å². The summed E-state index contributed by atoms with van der Waals surface area (Å²) in [5.74, 6) is 1.06. The summed E-state index contributed by atoms with van der Waals surface area (Å²) < 4.78 is 38.5. The van der Waals surface area contributed by atoms with Gasteiger partial charge in [0.05, 0.1) is 5.56 Å². The summed E-state index contributed by atoms with van der Waals surface area (Å²) in [6.45, 7) is 2.05. The van der Waals surface area contributed by atoms with Crippen molar-refractivity contribution in [2.75, 3.05) is 11.1 Å². The third kappa shape index (κ3) is 4.11. The van der Waals surface area contributed by atoms with Crippen LogP contribution in [0.5, 0.6) is 0 Å². The van der Waals surface area contributed by atoms with Gasteiger partial charge >= 0.3 is 6.18 Å². The minimum absolute atomic E-state index is 0.220. The molecule has 0 saturated heterocycles. The van der Waals surface area contributed by atoms with Crippen LogP contribution in [0.2, 0.25) is 0 Å². The van der Waals surface area contributed by atoms with Crippen LogP contribution < -0.4 is 11.1 Å². The largest absolute Gasteiger partial charge is 0.416 e. The highest BCUT2D eigenvalue weighted by molar-refractivity contribution is 5.62. The fraction of sp³-hybridized carbons (Fsp3) is 0.158. The quantitative estimate of drug-likeness (QED) is 0.666. The second kappa shape index (κ2) is 7.03. The third-order valence-electron chi connectivity index (χ3n) is 3.83. The lowest BCUT2D eigenvalue weighted by atomic mass is 10.1. The predicted molar refractivity (Wildman–Crippen MR) is 95.4 cm³/mol. The van der Waals surface area contributed by atoms with E-state index in [0.717, 1.165) is 23.3 Å². The molecule has 134 valence electrons. The van der Waals surface area contributed by atoms with Crippen molar-refractivity contribution in [2.24, 2.45) is 0 Å². The Morgan fingerprint density at radius 3 is 2.58 bits per heavy atom. The van der Waals surface area contributed by atoms with Gasteiger partial charge in [-0.05, 0) is 36.8 Å². The van der Waals surface area contributed by atoms with Crippen molar-refractivity contribution < 1.29 is 13.2 Å². The van der Waals surface area contributed by atoms with Crippen molar-refractivity contribution in [3.63, 3.8) is 0 Å². The fourth-order valence-electron chi connectivity index (χ4n) is 2.48. The molecule has 1 aromatic heterocycles. The number of hydrogen-bond acceptors (Lipinski definition) is 4. The van der Waals surface area contributed by atoms with Crippen LogP contribution in [0, 0.1) is 6.92 Å². The van der Waals surface area contributed by atoms with Gasteiger partial charge in [0.1, 0.15) is 5.82 Å². The molecule has 0 unspecified atom stereocenters. The molecule has 0 aliphatic heterocycles. The third-order valence-corrected chi connectivity index (χ3v) is 3.83. The van der Waals surface area contributed by atoms with Crippen molar-refractivity contribution in [2.45, 2.75) is 19.6 Å². The summed E-state index contributed by atoms with van der Waals surface area (Å²) in [5.41, 5.74) is 7.80. The van der Waals surface area contributed by atoms with Gasteiger partial charge in [0.2, 0.25) is 0 Å². The average Bonchev–Trinajstić information content (AvgIpc) is 2.60. The number of benzene rings is 2. The molecule has 0 aliphatic rings. The first-order valence-electron chi connectivity index (χ1n) is 7.92.